The van der Waals surface area contributed by atoms with E-state index in [1.54, 1.807) is 13.2 Å². The molecule has 0 aliphatic heterocycles. The molecule has 0 unspecified atom stereocenters. The number of sulfonamides is 1. The highest BCUT2D eigenvalue weighted by Gasteiger charge is 2.17. The average molecular weight is 390 g/mol. The lowest BCUT2D eigenvalue weighted by molar-refractivity contribution is 0.185. The van der Waals surface area contributed by atoms with Gasteiger partial charge in [-0.15, -0.1) is 11.3 Å². The number of methoxy groups -OCH3 is 1. The van der Waals surface area contributed by atoms with Crippen LogP contribution in [0.1, 0.15) is 16.7 Å². The van der Waals surface area contributed by atoms with Crippen molar-refractivity contribution in [3.63, 3.8) is 0 Å². The Labute approximate surface area is 137 Å². The zero-order chi connectivity index (χ0) is 15.5. The minimum atomic E-state index is -3.48. The summed E-state index contributed by atoms with van der Waals surface area (Å²) in [6.07, 6.45) is 0. The van der Waals surface area contributed by atoms with Gasteiger partial charge in [0.2, 0.25) is 10.0 Å². The normalized spacial score (nSPS) is 11.8. The van der Waals surface area contributed by atoms with E-state index in [9.17, 15) is 8.42 Å². The molecule has 1 heterocycles. The molecule has 7 heteroatoms. The maximum absolute atomic E-state index is 12.2. The zero-order valence-corrected chi connectivity index (χ0v) is 14.9. The van der Waals surface area contributed by atoms with Gasteiger partial charge in [0.05, 0.1) is 10.4 Å². The van der Waals surface area contributed by atoms with Crippen molar-refractivity contribution in [1.29, 1.82) is 0 Å². The first-order valence-electron chi connectivity index (χ1n) is 6.25. The van der Waals surface area contributed by atoms with Crippen LogP contribution in [-0.2, 0) is 27.9 Å². The lowest BCUT2D eigenvalue weighted by atomic mass is 10.1. The lowest BCUT2D eigenvalue weighted by Crippen LogP contribution is -2.22. The summed E-state index contributed by atoms with van der Waals surface area (Å²) in [5, 5.41) is 0. The van der Waals surface area contributed by atoms with E-state index in [0.717, 1.165) is 20.5 Å². The van der Waals surface area contributed by atoms with Gasteiger partial charge in [-0.25, -0.2) is 13.1 Å². The fourth-order valence-electron chi connectivity index (χ4n) is 1.81. The Bertz CT molecular complexity index is 706. The number of hydrogen-bond donors (Lipinski definition) is 1. The third-order valence-corrected chi connectivity index (χ3v) is 6.88. The molecule has 2 rings (SSSR count). The second-order valence-corrected chi connectivity index (χ2v) is 8.96. The SMILES string of the molecule is COCc1cccc(CNS(=O)(=O)c2cc(C)c(Br)s2)c1. The second-order valence-electron chi connectivity index (χ2n) is 4.60. The van der Waals surface area contributed by atoms with Gasteiger partial charge in [-0.1, -0.05) is 24.3 Å². The van der Waals surface area contributed by atoms with E-state index >= 15 is 0 Å². The molecule has 114 valence electrons. The van der Waals surface area contributed by atoms with Crippen LogP contribution in [0.15, 0.2) is 38.3 Å². The number of nitrogens with one attached hydrogen (secondary N) is 1. The lowest BCUT2D eigenvalue weighted by Gasteiger charge is -2.07. The summed E-state index contributed by atoms with van der Waals surface area (Å²) < 4.78 is 33.3. The molecule has 1 aromatic carbocycles. The van der Waals surface area contributed by atoms with Crippen molar-refractivity contribution in [2.45, 2.75) is 24.3 Å². The summed E-state index contributed by atoms with van der Waals surface area (Å²) in [6.45, 7) is 2.64. The molecule has 0 atom stereocenters. The predicted octanol–water partition coefficient (Wildman–Crippen LogP) is 3.44. The average Bonchev–Trinajstić information content (AvgIpc) is 2.78. The highest BCUT2D eigenvalue weighted by Crippen LogP contribution is 2.30. The van der Waals surface area contributed by atoms with E-state index < -0.39 is 10.0 Å². The maximum atomic E-state index is 12.2. The third-order valence-electron chi connectivity index (χ3n) is 2.87. The quantitative estimate of drug-likeness (QED) is 0.822. The molecular weight excluding hydrogens is 374 g/mol. The number of benzene rings is 1. The van der Waals surface area contributed by atoms with Gasteiger partial charge in [-0.3, -0.25) is 0 Å². The molecule has 0 saturated heterocycles. The van der Waals surface area contributed by atoms with Gasteiger partial charge in [-0.2, -0.15) is 0 Å². The van der Waals surface area contributed by atoms with Crippen molar-refractivity contribution in [2.24, 2.45) is 0 Å². The van der Waals surface area contributed by atoms with Crippen molar-refractivity contribution in [2.75, 3.05) is 7.11 Å². The molecule has 0 radical (unpaired) electrons. The Hall–Kier alpha value is -0.730. The monoisotopic (exact) mass is 389 g/mol. The minimum Gasteiger partial charge on any atom is -0.380 e. The Balaban J connectivity index is 2.09. The summed E-state index contributed by atoms with van der Waals surface area (Å²) in [6, 6.07) is 9.32. The van der Waals surface area contributed by atoms with Crippen LogP contribution in [0, 0.1) is 6.92 Å². The molecule has 1 N–H and O–H groups in total. The number of halogens is 1. The van der Waals surface area contributed by atoms with Gasteiger partial charge in [0.25, 0.3) is 0 Å². The standard InChI is InChI=1S/C14H16BrNO3S2/c1-10-6-13(20-14(10)15)21(17,18)16-8-11-4-3-5-12(7-11)9-19-2/h3-7,16H,8-9H2,1-2H3. The van der Waals surface area contributed by atoms with Gasteiger partial charge in [-0.05, 0) is 45.6 Å². The highest BCUT2D eigenvalue weighted by molar-refractivity contribution is 9.11. The van der Waals surface area contributed by atoms with Crippen molar-refractivity contribution in [3.8, 4) is 0 Å². The summed E-state index contributed by atoms with van der Waals surface area (Å²) in [4.78, 5) is 0. The Morgan fingerprint density at radius 2 is 2.00 bits per heavy atom. The molecule has 0 spiro atoms. The van der Waals surface area contributed by atoms with Crippen molar-refractivity contribution in [1.82, 2.24) is 4.72 Å². The van der Waals surface area contributed by atoms with E-state index in [2.05, 4.69) is 20.7 Å². The molecule has 0 bridgehead atoms. The number of hydrogen-bond acceptors (Lipinski definition) is 4. The zero-order valence-electron chi connectivity index (χ0n) is 11.7. The summed E-state index contributed by atoms with van der Waals surface area (Å²) in [5.74, 6) is 0. The van der Waals surface area contributed by atoms with Gasteiger partial charge in [0.15, 0.2) is 0 Å². The van der Waals surface area contributed by atoms with Crippen LogP contribution in [0.2, 0.25) is 0 Å². The maximum Gasteiger partial charge on any atom is 0.250 e. The molecule has 2 aromatic rings. The Morgan fingerprint density at radius 3 is 2.62 bits per heavy atom. The van der Waals surface area contributed by atoms with E-state index in [1.165, 1.54) is 11.3 Å². The van der Waals surface area contributed by atoms with E-state index in [4.69, 9.17) is 4.74 Å². The van der Waals surface area contributed by atoms with Crippen LogP contribution in [0.3, 0.4) is 0 Å². The fourth-order valence-corrected chi connectivity index (χ4v) is 5.10. The van der Waals surface area contributed by atoms with Crippen LogP contribution in [0.5, 0.6) is 0 Å². The van der Waals surface area contributed by atoms with Gasteiger partial charge >= 0.3 is 0 Å². The Morgan fingerprint density at radius 1 is 1.29 bits per heavy atom. The third kappa shape index (κ3) is 4.37. The second kappa shape index (κ2) is 7.02. The first-order chi connectivity index (χ1) is 9.92. The van der Waals surface area contributed by atoms with Crippen molar-refractivity contribution in [3.05, 3.63) is 50.8 Å². The smallest absolute Gasteiger partial charge is 0.250 e. The molecule has 0 aliphatic rings. The molecule has 0 saturated carbocycles. The summed E-state index contributed by atoms with van der Waals surface area (Å²) in [5.41, 5.74) is 2.84. The first-order valence-corrected chi connectivity index (χ1v) is 9.34. The number of aryl methyl sites for hydroxylation is 1. The van der Waals surface area contributed by atoms with E-state index in [1.807, 2.05) is 31.2 Å². The molecule has 21 heavy (non-hydrogen) atoms. The van der Waals surface area contributed by atoms with Crippen LogP contribution < -0.4 is 4.72 Å². The number of ether oxygens (including phenoxy) is 1. The van der Waals surface area contributed by atoms with Crippen LogP contribution in [0.4, 0.5) is 0 Å². The van der Waals surface area contributed by atoms with Gasteiger partial charge in [0, 0.05) is 13.7 Å². The van der Waals surface area contributed by atoms with Crippen LogP contribution >= 0.6 is 27.3 Å². The first kappa shape index (κ1) is 16.6. The topological polar surface area (TPSA) is 55.4 Å². The van der Waals surface area contributed by atoms with Gasteiger partial charge < -0.3 is 4.74 Å². The number of thiophene rings is 1. The summed E-state index contributed by atoms with van der Waals surface area (Å²) >= 11 is 4.56. The van der Waals surface area contributed by atoms with Crippen LogP contribution in [-0.4, -0.2) is 15.5 Å². The van der Waals surface area contributed by atoms with Crippen molar-refractivity contribution >= 4 is 37.3 Å². The number of rotatable bonds is 6. The molecule has 1 aromatic heterocycles. The largest absolute Gasteiger partial charge is 0.380 e. The molecular formula is C14H16BrNO3S2. The highest BCUT2D eigenvalue weighted by atomic mass is 79.9. The van der Waals surface area contributed by atoms with E-state index in [0.29, 0.717) is 10.8 Å². The molecule has 0 fully saturated rings. The van der Waals surface area contributed by atoms with Gasteiger partial charge in [0.1, 0.15) is 4.21 Å². The van der Waals surface area contributed by atoms with Crippen LogP contribution in [0.25, 0.3) is 0 Å². The van der Waals surface area contributed by atoms with Crippen molar-refractivity contribution < 1.29 is 13.2 Å². The predicted molar refractivity (Wildman–Crippen MR) is 87.9 cm³/mol. The molecule has 0 amide bonds. The minimum absolute atomic E-state index is 0.258. The summed E-state index contributed by atoms with van der Waals surface area (Å²) in [7, 11) is -1.85. The molecule has 4 nitrogen and oxygen atoms in total. The van der Waals surface area contributed by atoms with E-state index in [-0.39, 0.29) is 6.54 Å². The molecule has 0 aliphatic carbocycles. The fraction of sp³-hybridized carbons (Fsp3) is 0.286. The Kier molecular flexibility index (Phi) is 5.56.